The number of pyridine rings is 1. The molecule has 0 aromatic carbocycles. The van der Waals surface area contributed by atoms with Crippen LogP contribution >= 0.6 is 0 Å². The number of hydrogen-bond acceptors (Lipinski definition) is 5. The number of piperidine rings is 1. The minimum Gasteiger partial charge on any atom is -0.472 e. The fourth-order valence-corrected chi connectivity index (χ4v) is 3.07. The second kappa shape index (κ2) is 8.91. The topological polar surface area (TPSA) is 63.7 Å². The smallest absolute Gasteiger partial charge is 0.410 e. The summed E-state index contributed by atoms with van der Waals surface area (Å²) in [5.74, 6) is 1.09. The van der Waals surface area contributed by atoms with E-state index in [0.717, 1.165) is 44.6 Å². The van der Waals surface area contributed by atoms with Crippen LogP contribution in [0.2, 0.25) is 0 Å². The van der Waals surface area contributed by atoms with Crippen molar-refractivity contribution in [3.05, 3.63) is 23.9 Å². The highest BCUT2D eigenvalue weighted by Crippen LogP contribution is 2.20. The minimum absolute atomic E-state index is 0.203. The van der Waals surface area contributed by atoms with Crippen molar-refractivity contribution < 1.29 is 14.3 Å². The second-order valence-corrected chi connectivity index (χ2v) is 9.28. The van der Waals surface area contributed by atoms with E-state index in [-0.39, 0.29) is 11.7 Å². The Morgan fingerprint density at radius 3 is 2.67 bits per heavy atom. The van der Waals surface area contributed by atoms with Gasteiger partial charge in [-0.2, -0.15) is 0 Å². The molecule has 6 nitrogen and oxygen atoms in total. The molecule has 1 aliphatic rings. The third-order valence-electron chi connectivity index (χ3n) is 4.14. The van der Waals surface area contributed by atoms with Crippen LogP contribution in [0.1, 0.15) is 59.9 Å². The number of nitrogens with one attached hydrogen (secondary N) is 1. The van der Waals surface area contributed by atoms with Gasteiger partial charge < -0.3 is 19.7 Å². The predicted molar refractivity (Wildman–Crippen MR) is 107 cm³/mol. The highest BCUT2D eigenvalue weighted by atomic mass is 16.6. The molecule has 1 aromatic rings. The van der Waals surface area contributed by atoms with Gasteiger partial charge in [0.05, 0.1) is 0 Å². The molecule has 27 heavy (non-hydrogen) atoms. The zero-order chi connectivity index (χ0) is 20.1. The highest BCUT2D eigenvalue weighted by molar-refractivity contribution is 5.68. The number of likely N-dealkylation sites (tertiary alicyclic amines) is 1. The van der Waals surface area contributed by atoms with Crippen LogP contribution in [-0.4, -0.2) is 46.8 Å². The van der Waals surface area contributed by atoms with Gasteiger partial charge in [0.1, 0.15) is 11.2 Å². The Bertz CT molecular complexity index is 620. The number of carbonyl (C=O) groups is 1. The molecule has 1 saturated heterocycles. The molecule has 2 rings (SSSR count). The predicted octanol–water partition coefficient (Wildman–Crippen LogP) is 4.00. The number of carbonyl (C=O) groups excluding carboxylic acids is 1. The van der Waals surface area contributed by atoms with Crippen molar-refractivity contribution in [2.24, 2.45) is 5.92 Å². The maximum atomic E-state index is 12.3. The lowest BCUT2D eigenvalue weighted by Gasteiger charge is -2.34. The molecule has 1 aliphatic heterocycles. The Labute approximate surface area is 163 Å². The number of nitrogens with zero attached hydrogens (tertiary/aromatic N) is 2. The van der Waals surface area contributed by atoms with Gasteiger partial charge in [0, 0.05) is 31.9 Å². The molecule has 2 heterocycles. The lowest BCUT2D eigenvalue weighted by atomic mass is 9.98. The number of amides is 1. The van der Waals surface area contributed by atoms with Crippen molar-refractivity contribution in [1.82, 2.24) is 15.2 Å². The van der Waals surface area contributed by atoms with Crippen LogP contribution in [0.15, 0.2) is 18.3 Å². The van der Waals surface area contributed by atoms with E-state index in [2.05, 4.69) is 10.3 Å². The minimum atomic E-state index is -0.448. The molecule has 0 unspecified atom stereocenters. The van der Waals surface area contributed by atoms with E-state index in [9.17, 15) is 4.79 Å². The molecule has 6 heteroatoms. The lowest BCUT2D eigenvalue weighted by molar-refractivity contribution is 0.0166. The second-order valence-electron chi connectivity index (χ2n) is 9.28. The number of rotatable bonds is 5. The van der Waals surface area contributed by atoms with E-state index in [1.54, 1.807) is 6.20 Å². The average molecular weight is 378 g/mol. The molecule has 1 aromatic heterocycles. The third-order valence-corrected chi connectivity index (χ3v) is 4.14. The summed E-state index contributed by atoms with van der Waals surface area (Å²) in [6.07, 6.45) is 3.72. The first-order valence-electron chi connectivity index (χ1n) is 9.84. The Morgan fingerprint density at radius 1 is 1.26 bits per heavy atom. The highest BCUT2D eigenvalue weighted by Gasteiger charge is 2.27. The third kappa shape index (κ3) is 8.16. The fourth-order valence-electron chi connectivity index (χ4n) is 3.07. The van der Waals surface area contributed by atoms with Crippen molar-refractivity contribution >= 4 is 6.09 Å². The Hall–Kier alpha value is -1.82. The van der Waals surface area contributed by atoms with Crippen LogP contribution in [0, 0.1) is 5.92 Å². The fraction of sp³-hybridized carbons (Fsp3) is 0.714. The van der Waals surface area contributed by atoms with Crippen LogP contribution in [0.25, 0.3) is 0 Å². The molecule has 0 aliphatic carbocycles. The summed E-state index contributed by atoms with van der Waals surface area (Å²) in [7, 11) is 0. The monoisotopic (exact) mass is 377 g/mol. The zero-order valence-electron chi connectivity index (χ0n) is 17.7. The van der Waals surface area contributed by atoms with E-state index < -0.39 is 5.60 Å². The zero-order valence-corrected chi connectivity index (χ0v) is 17.7. The van der Waals surface area contributed by atoms with E-state index in [4.69, 9.17) is 9.47 Å². The van der Waals surface area contributed by atoms with Crippen LogP contribution < -0.4 is 10.1 Å². The first kappa shape index (κ1) is 21.5. The molecule has 0 saturated carbocycles. The summed E-state index contributed by atoms with van der Waals surface area (Å²) >= 11 is 0. The molecule has 1 N–H and O–H groups in total. The Morgan fingerprint density at radius 2 is 2.00 bits per heavy atom. The maximum absolute atomic E-state index is 12.3. The molecule has 1 fully saturated rings. The molecule has 0 spiro atoms. The summed E-state index contributed by atoms with van der Waals surface area (Å²) in [4.78, 5) is 18.4. The van der Waals surface area contributed by atoms with Gasteiger partial charge in [0.2, 0.25) is 5.88 Å². The molecular formula is C21H35N3O3. The standard InChI is InChI=1S/C21H35N3O3/c1-20(2,3)26-18-12-16(9-10-23-18)13-22-14-17-8-7-11-24(15-17)19(25)27-21(4,5)6/h9-10,12,17,22H,7-8,11,13-15H2,1-6H3/t17-/m1/s1. The van der Waals surface area contributed by atoms with Gasteiger partial charge in [-0.25, -0.2) is 9.78 Å². The quantitative estimate of drug-likeness (QED) is 0.840. The molecule has 152 valence electrons. The van der Waals surface area contributed by atoms with Gasteiger partial charge >= 0.3 is 6.09 Å². The first-order chi connectivity index (χ1) is 12.5. The van der Waals surface area contributed by atoms with Gasteiger partial charge in [-0.05, 0) is 78.5 Å². The van der Waals surface area contributed by atoms with Crippen LogP contribution in [-0.2, 0) is 11.3 Å². The number of hydrogen-bond donors (Lipinski definition) is 1. The van der Waals surface area contributed by atoms with Gasteiger partial charge in [-0.1, -0.05) is 0 Å². The van der Waals surface area contributed by atoms with E-state index in [1.165, 1.54) is 0 Å². The van der Waals surface area contributed by atoms with Gasteiger partial charge in [-0.3, -0.25) is 0 Å². The van der Waals surface area contributed by atoms with Crippen molar-refractivity contribution in [2.45, 2.75) is 72.1 Å². The summed E-state index contributed by atoms with van der Waals surface area (Å²) in [6.45, 7) is 14.9. The SMILES string of the molecule is CC(C)(C)OC(=O)N1CCC[C@H](CNCc2ccnc(OC(C)(C)C)c2)C1. The van der Waals surface area contributed by atoms with Crippen molar-refractivity contribution in [3.63, 3.8) is 0 Å². The van der Waals surface area contributed by atoms with Gasteiger partial charge in [-0.15, -0.1) is 0 Å². The van der Waals surface area contributed by atoms with E-state index in [0.29, 0.717) is 11.8 Å². The number of ether oxygens (including phenoxy) is 2. The van der Waals surface area contributed by atoms with Crippen molar-refractivity contribution in [2.75, 3.05) is 19.6 Å². The molecule has 1 atom stereocenters. The summed E-state index contributed by atoms with van der Waals surface area (Å²) in [5.41, 5.74) is 0.437. The van der Waals surface area contributed by atoms with E-state index >= 15 is 0 Å². The average Bonchev–Trinajstić information content (AvgIpc) is 2.52. The van der Waals surface area contributed by atoms with Crippen molar-refractivity contribution in [3.8, 4) is 5.88 Å². The van der Waals surface area contributed by atoms with E-state index in [1.807, 2.05) is 58.6 Å². The normalized spacial score (nSPS) is 18.3. The Balaban J connectivity index is 1.80. The largest absolute Gasteiger partial charge is 0.472 e. The molecule has 0 radical (unpaired) electrons. The molecule has 0 bridgehead atoms. The van der Waals surface area contributed by atoms with Crippen LogP contribution in [0.3, 0.4) is 0 Å². The van der Waals surface area contributed by atoms with Crippen molar-refractivity contribution in [1.29, 1.82) is 0 Å². The van der Waals surface area contributed by atoms with Gasteiger partial charge in [0.25, 0.3) is 0 Å². The molecular weight excluding hydrogens is 342 g/mol. The van der Waals surface area contributed by atoms with Crippen LogP contribution in [0.5, 0.6) is 5.88 Å². The summed E-state index contributed by atoms with van der Waals surface area (Å²) in [5, 5.41) is 3.51. The lowest BCUT2D eigenvalue weighted by Crippen LogP contribution is -2.45. The number of aromatic nitrogens is 1. The maximum Gasteiger partial charge on any atom is 0.410 e. The summed E-state index contributed by atoms with van der Waals surface area (Å²) in [6, 6.07) is 3.97. The van der Waals surface area contributed by atoms with Crippen LogP contribution in [0.4, 0.5) is 4.79 Å². The Kier molecular flexibility index (Phi) is 7.09. The van der Waals surface area contributed by atoms with Gasteiger partial charge in [0.15, 0.2) is 0 Å². The first-order valence-corrected chi connectivity index (χ1v) is 9.84. The molecule has 1 amide bonds. The summed E-state index contributed by atoms with van der Waals surface area (Å²) < 4.78 is 11.3.